The van der Waals surface area contributed by atoms with E-state index < -0.39 is 7.12 Å². The minimum atomic E-state index is -1.49. The molecular formula is C8H9BBrNO3. The van der Waals surface area contributed by atoms with Crippen LogP contribution in [0, 0.1) is 0 Å². The van der Waals surface area contributed by atoms with Gasteiger partial charge in [-0.15, -0.1) is 0 Å². The SMILES string of the molecule is OB(O)c1cnc(OC2CC2)c(Br)c1. The lowest BCUT2D eigenvalue weighted by Gasteiger charge is -2.06. The summed E-state index contributed by atoms with van der Waals surface area (Å²) in [5.41, 5.74) is 0.347. The fraction of sp³-hybridized carbons (Fsp3) is 0.375. The van der Waals surface area contributed by atoms with Crippen LogP contribution in [-0.4, -0.2) is 28.3 Å². The molecule has 0 unspecified atom stereocenters. The summed E-state index contributed by atoms with van der Waals surface area (Å²) in [6.45, 7) is 0. The third-order valence-corrected chi connectivity index (χ3v) is 2.50. The minimum absolute atomic E-state index is 0.281. The summed E-state index contributed by atoms with van der Waals surface area (Å²) in [6.07, 6.45) is 3.81. The molecule has 1 heterocycles. The van der Waals surface area contributed by atoms with E-state index in [0.717, 1.165) is 12.8 Å². The summed E-state index contributed by atoms with van der Waals surface area (Å²) in [4.78, 5) is 3.99. The molecule has 6 heteroatoms. The van der Waals surface area contributed by atoms with Gasteiger partial charge in [-0.3, -0.25) is 0 Å². The van der Waals surface area contributed by atoms with Gasteiger partial charge in [-0.1, -0.05) is 0 Å². The van der Waals surface area contributed by atoms with Gasteiger partial charge in [-0.25, -0.2) is 4.98 Å². The fourth-order valence-corrected chi connectivity index (χ4v) is 1.47. The largest absolute Gasteiger partial charge is 0.490 e. The number of ether oxygens (including phenoxy) is 1. The van der Waals surface area contributed by atoms with Crippen LogP contribution < -0.4 is 10.2 Å². The van der Waals surface area contributed by atoms with Crippen molar-refractivity contribution in [3.05, 3.63) is 16.7 Å². The second-order valence-corrected chi connectivity index (χ2v) is 4.10. The van der Waals surface area contributed by atoms with E-state index >= 15 is 0 Å². The minimum Gasteiger partial charge on any atom is -0.474 e. The van der Waals surface area contributed by atoms with Crippen molar-refractivity contribution in [2.75, 3.05) is 0 Å². The number of halogens is 1. The summed E-state index contributed by atoms with van der Waals surface area (Å²) in [5.74, 6) is 0.511. The number of rotatable bonds is 3. The Morgan fingerprint density at radius 3 is 2.71 bits per heavy atom. The average Bonchev–Trinajstić information content (AvgIpc) is 2.92. The Kier molecular flexibility index (Phi) is 2.76. The summed E-state index contributed by atoms with van der Waals surface area (Å²) in [6, 6.07) is 1.59. The molecule has 2 rings (SSSR count). The van der Waals surface area contributed by atoms with Crippen molar-refractivity contribution in [3.8, 4) is 5.88 Å². The lowest BCUT2D eigenvalue weighted by Crippen LogP contribution is -2.30. The first-order chi connectivity index (χ1) is 6.66. The molecule has 0 saturated heterocycles. The third-order valence-electron chi connectivity index (χ3n) is 1.93. The number of nitrogens with zero attached hydrogens (tertiary/aromatic N) is 1. The molecule has 74 valence electrons. The van der Waals surface area contributed by atoms with Crippen molar-refractivity contribution in [2.45, 2.75) is 18.9 Å². The first-order valence-corrected chi connectivity index (χ1v) is 5.14. The maximum absolute atomic E-state index is 8.89. The zero-order valence-electron chi connectivity index (χ0n) is 7.35. The van der Waals surface area contributed by atoms with Crippen LogP contribution in [0.1, 0.15) is 12.8 Å². The van der Waals surface area contributed by atoms with E-state index in [2.05, 4.69) is 20.9 Å². The molecule has 0 atom stereocenters. The Hall–Kier alpha value is -0.585. The van der Waals surface area contributed by atoms with E-state index in [0.29, 0.717) is 15.8 Å². The Morgan fingerprint density at radius 1 is 1.50 bits per heavy atom. The van der Waals surface area contributed by atoms with Gasteiger partial charge in [0.1, 0.15) is 6.10 Å². The van der Waals surface area contributed by atoms with Crippen molar-refractivity contribution in [3.63, 3.8) is 0 Å². The highest BCUT2D eigenvalue weighted by molar-refractivity contribution is 9.10. The van der Waals surface area contributed by atoms with Crippen molar-refractivity contribution >= 4 is 28.5 Å². The summed E-state index contributed by atoms with van der Waals surface area (Å²) >= 11 is 3.26. The Morgan fingerprint density at radius 2 is 2.21 bits per heavy atom. The molecule has 1 fully saturated rings. The smallest absolute Gasteiger partial charge is 0.474 e. The highest BCUT2D eigenvalue weighted by Gasteiger charge is 2.25. The summed E-state index contributed by atoms with van der Waals surface area (Å²) in [7, 11) is -1.49. The normalized spacial score (nSPS) is 15.4. The topological polar surface area (TPSA) is 62.6 Å². The predicted octanol–water partition coefficient (Wildman–Crippen LogP) is 0.0651. The molecule has 0 aliphatic heterocycles. The molecule has 0 spiro atoms. The first-order valence-electron chi connectivity index (χ1n) is 4.35. The molecule has 1 aliphatic rings. The van der Waals surface area contributed by atoms with Crippen LogP contribution in [0.15, 0.2) is 16.7 Å². The van der Waals surface area contributed by atoms with Crippen LogP contribution in [0.3, 0.4) is 0 Å². The maximum Gasteiger partial charge on any atom is 0.490 e. The standard InChI is InChI=1S/C8H9BBrNO3/c10-7-3-5(9(12)13)4-11-8(7)14-6-1-2-6/h3-4,6,12-13H,1-2H2. The molecule has 0 bridgehead atoms. The number of pyridine rings is 1. The molecule has 1 aromatic heterocycles. The van der Waals surface area contributed by atoms with E-state index in [4.69, 9.17) is 14.8 Å². The third kappa shape index (κ3) is 2.26. The molecule has 4 nitrogen and oxygen atoms in total. The fourth-order valence-electron chi connectivity index (χ4n) is 1.01. The molecule has 1 aliphatic carbocycles. The van der Waals surface area contributed by atoms with Gasteiger partial charge in [0.25, 0.3) is 0 Å². The quantitative estimate of drug-likeness (QED) is 0.753. The second-order valence-electron chi connectivity index (χ2n) is 3.25. The molecule has 1 saturated carbocycles. The highest BCUT2D eigenvalue weighted by atomic mass is 79.9. The van der Waals surface area contributed by atoms with Crippen LogP contribution in [0.25, 0.3) is 0 Å². The van der Waals surface area contributed by atoms with Gasteiger partial charge in [0, 0.05) is 11.7 Å². The molecule has 1 aromatic rings. The summed E-state index contributed by atoms with van der Waals surface area (Å²) < 4.78 is 6.12. The van der Waals surface area contributed by atoms with E-state index in [1.165, 1.54) is 6.20 Å². The molecule has 0 aromatic carbocycles. The highest BCUT2D eigenvalue weighted by Crippen LogP contribution is 2.29. The van der Waals surface area contributed by atoms with Crippen LogP contribution >= 0.6 is 15.9 Å². The van der Waals surface area contributed by atoms with Gasteiger partial charge >= 0.3 is 7.12 Å². The van der Waals surface area contributed by atoms with Gasteiger partial charge in [0.05, 0.1) is 4.47 Å². The zero-order valence-corrected chi connectivity index (χ0v) is 8.94. The average molecular weight is 258 g/mol. The van der Waals surface area contributed by atoms with Gasteiger partial charge in [-0.2, -0.15) is 0 Å². The summed E-state index contributed by atoms with van der Waals surface area (Å²) in [5, 5.41) is 17.8. The van der Waals surface area contributed by atoms with E-state index in [9.17, 15) is 0 Å². The van der Waals surface area contributed by atoms with Crippen LogP contribution in [-0.2, 0) is 0 Å². The zero-order chi connectivity index (χ0) is 10.1. The first kappa shape index (κ1) is 9.95. The van der Waals surface area contributed by atoms with Crippen molar-refractivity contribution in [1.29, 1.82) is 0 Å². The predicted molar refractivity (Wildman–Crippen MR) is 55.4 cm³/mol. The number of hydrogen-bond acceptors (Lipinski definition) is 4. The monoisotopic (exact) mass is 257 g/mol. The molecule has 2 N–H and O–H groups in total. The van der Waals surface area contributed by atoms with Gasteiger partial charge in [0.2, 0.25) is 5.88 Å². The van der Waals surface area contributed by atoms with Crippen LogP contribution in [0.5, 0.6) is 5.88 Å². The molecule has 0 amide bonds. The van der Waals surface area contributed by atoms with Crippen molar-refractivity contribution < 1.29 is 14.8 Å². The Bertz CT molecular complexity index is 343. The Balaban J connectivity index is 2.17. The van der Waals surface area contributed by atoms with E-state index in [1.54, 1.807) is 6.07 Å². The van der Waals surface area contributed by atoms with Crippen molar-refractivity contribution in [1.82, 2.24) is 4.98 Å². The van der Waals surface area contributed by atoms with Gasteiger partial charge < -0.3 is 14.8 Å². The van der Waals surface area contributed by atoms with E-state index in [1.807, 2.05) is 0 Å². The molecular weight excluding hydrogens is 249 g/mol. The van der Waals surface area contributed by atoms with Crippen LogP contribution in [0.4, 0.5) is 0 Å². The number of aromatic nitrogens is 1. The molecule has 0 radical (unpaired) electrons. The lowest BCUT2D eigenvalue weighted by atomic mass is 9.82. The number of hydrogen-bond donors (Lipinski definition) is 2. The van der Waals surface area contributed by atoms with Gasteiger partial charge in [0.15, 0.2) is 0 Å². The second kappa shape index (κ2) is 3.88. The van der Waals surface area contributed by atoms with Crippen molar-refractivity contribution in [2.24, 2.45) is 0 Å². The molecule has 14 heavy (non-hydrogen) atoms. The Labute approximate surface area is 90.2 Å². The lowest BCUT2D eigenvalue weighted by molar-refractivity contribution is 0.289. The van der Waals surface area contributed by atoms with E-state index in [-0.39, 0.29) is 6.10 Å². The van der Waals surface area contributed by atoms with Gasteiger partial charge in [-0.05, 0) is 34.8 Å². The van der Waals surface area contributed by atoms with Crippen LogP contribution in [0.2, 0.25) is 0 Å². The maximum atomic E-state index is 8.89.